The highest BCUT2D eigenvalue weighted by Gasteiger charge is 2.07. The van der Waals surface area contributed by atoms with Gasteiger partial charge in [0.2, 0.25) is 0 Å². The number of para-hydroxylation sites is 1. The number of hydrogen-bond donors (Lipinski definition) is 2. The predicted octanol–water partition coefficient (Wildman–Crippen LogP) is 3.18. The number of nitrogens with one attached hydrogen (secondary N) is 1. The van der Waals surface area contributed by atoms with Crippen molar-refractivity contribution in [1.29, 1.82) is 0 Å². The van der Waals surface area contributed by atoms with Gasteiger partial charge in [0.05, 0.1) is 17.3 Å². The zero-order chi connectivity index (χ0) is 12.3. The fraction of sp³-hybridized carbons (Fsp3) is 0.167. The highest BCUT2D eigenvalue weighted by atomic mass is 35.5. The molecule has 17 heavy (non-hydrogen) atoms. The van der Waals surface area contributed by atoms with Crippen molar-refractivity contribution in [3.63, 3.8) is 0 Å². The molecular formula is C12H11ClFNO2. The number of benzene rings is 1. The summed E-state index contributed by atoms with van der Waals surface area (Å²) in [5.74, 6) is 0.668. The maximum absolute atomic E-state index is 13.4. The van der Waals surface area contributed by atoms with Crippen LogP contribution in [0.3, 0.4) is 0 Å². The summed E-state index contributed by atoms with van der Waals surface area (Å²) in [6.07, 6.45) is 0. The molecule has 0 aliphatic rings. The molecule has 2 aromatic rings. The third kappa shape index (κ3) is 2.78. The zero-order valence-corrected chi connectivity index (χ0v) is 9.67. The van der Waals surface area contributed by atoms with Crippen LogP contribution in [0.4, 0.5) is 10.1 Å². The van der Waals surface area contributed by atoms with Gasteiger partial charge < -0.3 is 14.8 Å². The van der Waals surface area contributed by atoms with Crippen molar-refractivity contribution in [3.8, 4) is 0 Å². The quantitative estimate of drug-likeness (QED) is 0.882. The molecule has 90 valence electrons. The van der Waals surface area contributed by atoms with E-state index in [1.54, 1.807) is 24.3 Å². The Hall–Kier alpha value is -1.52. The minimum atomic E-state index is -0.411. The van der Waals surface area contributed by atoms with Crippen molar-refractivity contribution >= 4 is 17.3 Å². The monoisotopic (exact) mass is 255 g/mol. The molecule has 1 aromatic heterocycles. The van der Waals surface area contributed by atoms with E-state index in [0.717, 1.165) is 0 Å². The first-order valence-electron chi connectivity index (χ1n) is 5.07. The molecule has 1 heterocycles. The molecule has 1 aromatic carbocycles. The Morgan fingerprint density at radius 3 is 2.65 bits per heavy atom. The Labute approximate surface area is 103 Å². The average Bonchev–Trinajstić information content (AvgIpc) is 2.76. The highest BCUT2D eigenvalue weighted by molar-refractivity contribution is 6.33. The van der Waals surface area contributed by atoms with Crippen LogP contribution in [-0.4, -0.2) is 5.11 Å². The molecule has 3 nitrogen and oxygen atoms in total. The molecule has 0 aliphatic heterocycles. The summed E-state index contributed by atoms with van der Waals surface area (Å²) in [7, 11) is 0. The lowest BCUT2D eigenvalue weighted by molar-refractivity contribution is 0.244. The molecule has 0 bridgehead atoms. The highest BCUT2D eigenvalue weighted by Crippen LogP contribution is 2.25. The van der Waals surface area contributed by atoms with Crippen LogP contribution < -0.4 is 5.32 Å². The molecule has 0 fully saturated rings. The number of halogens is 2. The lowest BCUT2D eigenvalue weighted by Gasteiger charge is -2.07. The largest absolute Gasteiger partial charge is 0.462 e. The molecule has 0 unspecified atom stereocenters. The molecule has 0 spiro atoms. The summed E-state index contributed by atoms with van der Waals surface area (Å²) >= 11 is 5.86. The van der Waals surface area contributed by atoms with E-state index in [2.05, 4.69) is 5.32 Å². The second-order valence-electron chi connectivity index (χ2n) is 3.48. The van der Waals surface area contributed by atoms with Crippen LogP contribution in [0.2, 0.25) is 5.02 Å². The Morgan fingerprint density at radius 1 is 1.24 bits per heavy atom. The van der Waals surface area contributed by atoms with Gasteiger partial charge in [0, 0.05) is 0 Å². The lowest BCUT2D eigenvalue weighted by atomic mass is 10.3. The number of aliphatic hydroxyl groups is 1. The first-order valence-corrected chi connectivity index (χ1v) is 5.45. The first-order chi connectivity index (χ1) is 8.20. The van der Waals surface area contributed by atoms with Gasteiger partial charge in [-0.25, -0.2) is 4.39 Å². The fourth-order valence-electron chi connectivity index (χ4n) is 1.44. The summed E-state index contributed by atoms with van der Waals surface area (Å²) in [6.45, 7) is 0.154. The van der Waals surface area contributed by atoms with Gasteiger partial charge in [0.1, 0.15) is 23.9 Å². The van der Waals surface area contributed by atoms with E-state index in [1.165, 1.54) is 6.07 Å². The normalized spacial score (nSPS) is 10.5. The van der Waals surface area contributed by atoms with E-state index < -0.39 is 5.82 Å². The second-order valence-corrected chi connectivity index (χ2v) is 3.88. The van der Waals surface area contributed by atoms with E-state index in [0.29, 0.717) is 23.1 Å². The van der Waals surface area contributed by atoms with E-state index >= 15 is 0 Å². The van der Waals surface area contributed by atoms with Crippen LogP contribution in [-0.2, 0) is 13.2 Å². The SMILES string of the molecule is OCc1ccc(CNc2c(F)cccc2Cl)o1. The number of furan rings is 1. The Balaban J connectivity index is 2.07. The molecule has 0 amide bonds. The number of anilines is 1. The Morgan fingerprint density at radius 2 is 2.00 bits per heavy atom. The average molecular weight is 256 g/mol. The van der Waals surface area contributed by atoms with Gasteiger partial charge in [-0.05, 0) is 24.3 Å². The van der Waals surface area contributed by atoms with Crippen LogP contribution in [0.25, 0.3) is 0 Å². The van der Waals surface area contributed by atoms with Gasteiger partial charge in [-0.2, -0.15) is 0 Å². The summed E-state index contributed by atoms with van der Waals surface area (Å²) in [5, 5.41) is 12.0. The number of hydrogen-bond acceptors (Lipinski definition) is 3. The third-order valence-corrected chi connectivity index (χ3v) is 2.59. The number of aliphatic hydroxyl groups excluding tert-OH is 1. The minimum Gasteiger partial charge on any atom is -0.462 e. The van der Waals surface area contributed by atoms with Crippen LogP contribution in [0.1, 0.15) is 11.5 Å². The topological polar surface area (TPSA) is 45.4 Å². The van der Waals surface area contributed by atoms with Gasteiger partial charge in [-0.15, -0.1) is 0 Å². The number of rotatable bonds is 4. The van der Waals surface area contributed by atoms with Crippen LogP contribution in [0, 0.1) is 5.82 Å². The van der Waals surface area contributed by atoms with E-state index in [1.807, 2.05) is 0 Å². The molecule has 0 atom stereocenters. The lowest BCUT2D eigenvalue weighted by Crippen LogP contribution is -2.01. The molecule has 5 heteroatoms. The van der Waals surface area contributed by atoms with Gasteiger partial charge in [-0.1, -0.05) is 17.7 Å². The molecule has 0 aliphatic carbocycles. The smallest absolute Gasteiger partial charge is 0.147 e. The molecule has 0 saturated heterocycles. The second kappa shape index (κ2) is 5.21. The van der Waals surface area contributed by atoms with Crippen LogP contribution in [0.15, 0.2) is 34.7 Å². The summed E-state index contributed by atoms with van der Waals surface area (Å²) in [5.41, 5.74) is 0.246. The van der Waals surface area contributed by atoms with E-state index in [-0.39, 0.29) is 12.3 Å². The third-order valence-electron chi connectivity index (χ3n) is 2.28. The molecule has 2 rings (SSSR count). The van der Waals surface area contributed by atoms with Gasteiger partial charge in [0.15, 0.2) is 0 Å². The molecule has 0 radical (unpaired) electrons. The summed E-state index contributed by atoms with van der Waals surface area (Å²) in [6, 6.07) is 7.86. The van der Waals surface area contributed by atoms with Gasteiger partial charge in [0.25, 0.3) is 0 Å². The maximum Gasteiger partial charge on any atom is 0.147 e. The Bertz CT molecular complexity index is 493. The first kappa shape index (κ1) is 12.0. The Kier molecular flexibility index (Phi) is 3.66. The van der Waals surface area contributed by atoms with Crippen molar-refractivity contribution in [3.05, 3.63) is 52.7 Å². The van der Waals surface area contributed by atoms with Gasteiger partial charge >= 0.3 is 0 Å². The van der Waals surface area contributed by atoms with Crippen molar-refractivity contribution in [1.82, 2.24) is 0 Å². The fourth-order valence-corrected chi connectivity index (χ4v) is 1.67. The predicted molar refractivity (Wildman–Crippen MR) is 63.4 cm³/mol. The van der Waals surface area contributed by atoms with Crippen LogP contribution >= 0.6 is 11.6 Å². The molecular weight excluding hydrogens is 245 g/mol. The van der Waals surface area contributed by atoms with Crippen molar-refractivity contribution in [2.24, 2.45) is 0 Å². The summed E-state index contributed by atoms with van der Waals surface area (Å²) in [4.78, 5) is 0. The van der Waals surface area contributed by atoms with Crippen molar-refractivity contribution < 1.29 is 13.9 Å². The molecule has 2 N–H and O–H groups in total. The van der Waals surface area contributed by atoms with E-state index in [9.17, 15) is 4.39 Å². The standard InChI is InChI=1S/C12H11ClFNO2/c13-10-2-1-3-11(14)12(10)15-6-8-4-5-9(7-16)17-8/h1-5,15-16H,6-7H2. The van der Waals surface area contributed by atoms with Crippen LogP contribution in [0.5, 0.6) is 0 Å². The minimum absolute atomic E-state index is 0.152. The maximum atomic E-state index is 13.4. The van der Waals surface area contributed by atoms with E-state index in [4.69, 9.17) is 21.1 Å². The molecule has 0 saturated carbocycles. The van der Waals surface area contributed by atoms with Gasteiger partial charge in [-0.3, -0.25) is 0 Å². The summed E-state index contributed by atoms with van der Waals surface area (Å²) < 4.78 is 18.7. The van der Waals surface area contributed by atoms with Crippen molar-refractivity contribution in [2.75, 3.05) is 5.32 Å². The van der Waals surface area contributed by atoms with Crippen molar-refractivity contribution in [2.45, 2.75) is 13.2 Å². The zero-order valence-electron chi connectivity index (χ0n) is 8.91.